The predicted octanol–water partition coefficient (Wildman–Crippen LogP) is -0.790. The predicted molar refractivity (Wildman–Crippen MR) is 101 cm³/mol. The molecule has 1 fully saturated rings. The van der Waals surface area contributed by atoms with Gasteiger partial charge >= 0.3 is 5.97 Å². The molecule has 0 radical (unpaired) electrons. The van der Waals surface area contributed by atoms with Gasteiger partial charge in [-0.05, 0) is 36.8 Å². The number of aromatic hydroxyl groups is 1. The second-order valence-electron chi connectivity index (χ2n) is 6.43. The molecule has 0 amide bonds. The Morgan fingerprint density at radius 2 is 2.07 bits per heavy atom. The fourth-order valence-corrected chi connectivity index (χ4v) is 3.57. The molecule has 0 saturated carbocycles. The molecule has 1 saturated heterocycles. The molecule has 1 aromatic carbocycles. The Bertz CT molecular complexity index is 800. The molecule has 0 aromatic heterocycles. The van der Waals surface area contributed by atoms with Crippen LogP contribution in [0, 0.1) is 0 Å². The van der Waals surface area contributed by atoms with Crippen LogP contribution in [-0.4, -0.2) is 69.1 Å². The number of phenols is 1. The number of aliphatic hydroxyl groups is 3. The summed E-state index contributed by atoms with van der Waals surface area (Å²) in [6, 6.07) is 5.49. The van der Waals surface area contributed by atoms with E-state index in [2.05, 4.69) is 10.6 Å². The van der Waals surface area contributed by atoms with Gasteiger partial charge in [-0.2, -0.15) is 0 Å². The van der Waals surface area contributed by atoms with Crippen molar-refractivity contribution in [3.8, 4) is 5.75 Å². The highest BCUT2D eigenvalue weighted by Crippen LogP contribution is 2.35. The standard InChI is InChI=1S/C18H22N2O7S/c1-2-26-17(25)11-12(8-4-3-5-9(22)6-8)19-18(28)20-13(11)16-15(24)14(23)10(7-21)27-16/h3-6,10,12,14-16,21-24H,2,7H2,1H3,(H2,19,20,28)/t10-,12-,14-,15-,16+/m1/s1. The van der Waals surface area contributed by atoms with E-state index in [1.165, 1.54) is 12.1 Å². The summed E-state index contributed by atoms with van der Waals surface area (Å²) in [5.41, 5.74) is 0.769. The third-order valence-corrected chi connectivity index (χ3v) is 4.85. The summed E-state index contributed by atoms with van der Waals surface area (Å²) < 4.78 is 10.7. The Morgan fingerprint density at radius 3 is 2.68 bits per heavy atom. The van der Waals surface area contributed by atoms with Gasteiger partial charge in [0.15, 0.2) is 5.11 Å². The normalized spacial score (nSPS) is 30.0. The average Bonchev–Trinajstić information content (AvgIpc) is 2.95. The molecule has 5 atom stereocenters. The number of rotatable bonds is 5. The van der Waals surface area contributed by atoms with Crippen LogP contribution in [0.5, 0.6) is 5.75 Å². The number of carbonyl (C=O) groups excluding carboxylic acids is 1. The molecule has 3 rings (SSSR count). The number of carbonyl (C=O) groups is 1. The molecule has 9 nitrogen and oxygen atoms in total. The van der Waals surface area contributed by atoms with E-state index >= 15 is 0 Å². The summed E-state index contributed by atoms with van der Waals surface area (Å²) in [7, 11) is 0. The van der Waals surface area contributed by atoms with Gasteiger partial charge in [0.2, 0.25) is 0 Å². The number of benzene rings is 1. The maximum Gasteiger partial charge on any atom is 0.338 e. The van der Waals surface area contributed by atoms with Crippen LogP contribution in [0.15, 0.2) is 35.5 Å². The zero-order chi connectivity index (χ0) is 20.4. The minimum Gasteiger partial charge on any atom is -0.508 e. The quantitative estimate of drug-likeness (QED) is 0.270. The maximum absolute atomic E-state index is 12.8. The van der Waals surface area contributed by atoms with Gasteiger partial charge in [0, 0.05) is 0 Å². The molecule has 2 aliphatic rings. The van der Waals surface area contributed by atoms with Crippen LogP contribution in [0.2, 0.25) is 0 Å². The lowest BCUT2D eigenvalue weighted by Gasteiger charge is -2.33. The number of hydrogen-bond acceptors (Lipinski definition) is 8. The number of thiocarbonyl (C=S) groups is 1. The summed E-state index contributed by atoms with van der Waals surface area (Å²) in [6.07, 6.45) is -4.88. The van der Waals surface area contributed by atoms with Crippen molar-refractivity contribution >= 4 is 23.3 Å². The smallest absolute Gasteiger partial charge is 0.338 e. The number of esters is 1. The molecule has 10 heteroatoms. The lowest BCUT2D eigenvalue weighted by atomic mass is 9.92. The highest BCUT2D eigenvalue weighted by atomic mass is 32.1. The van der Waals surface area contributed by atoms with Crippen LogP contribution >= 0.6 is 12.2 Å². The molecule has 0 aliphatic carbocycles. The number of ether oxygens (including phenoxy) is 2. The van der Waals surface area contributed by atoms with Gasteiger partial charge in [0.25, 0.3) is 0 Å². The van der Waals surface area contributed by atoms with Gasteiger partial charge in [0.1, 0.15) is 30.2 Å². The van der Waals surface area contributed by atoms with E-state index in [0.29, 0.717) is 5.56 Å². The molecular weight excluding hydrogens is 388 g/mol. The first kappa shape index (κ1) is 20.5. The van der Waals surface area contributed by atoms with Gasteiger partial charge in [-0.1, -0.05) is 12.1 Å². The van der Waals surface area contributed by atoms with Crippen molar-refractivity contribution in [1.29, 1.82) is 0 Å². The molecule has 1 aromatic rings. The van der Waals surface area contributed by atoms with Crippen molar-refractivity contribution in [3.05, 3.63) is 41.1 Å². The number of nitrogens with one attached hydrogen (secondary N) is 2. The van der Waals surface area contributed by atoms with Gasteiger partial charge in [-0.3, -0.25) is 0 Å². The summed E-state index contributed by atoms with van der Waals surface area (Å²) >= 11 is 5.24. The third kappa shape index (κ3) is 3.82. The van der Waals surface area contributed by atoms with E-state index in [1.807, 2.05) is 0 Å². The number of hydrogen-bond donors (Lipinski definition) is 6. The minimum absolute atomic E-state index is 0.00132. The summed E-state index contributed by atoms with van der Waals surface area (Å²) in [4.78, 5) is 12.8. The van der Waals surface area contributed by atoms with E-state index in [4.69, 9.17) is 21.7 Å². The SMILES string of the molecule is CCOC(=O)C1=C([C@@H]2O[C@H](CO)[C@@H](O)[C@H]2O)NC(=S)N[C@@H]1c1cccc(O)c1. The summed E-state index contributed by atoms with van der Waals surface area (Å²) in [5.74, 6) is -0.674. The first-order valence-electron chi connectivity index (χ1n) is 8.77. The fourth-order valence-electron chi connectivity index (χ4n) is 3.34. The van der Waals surface area contributed by atoms with Gasteiger partial charge in [0.05, 0.1) is 30.5 Å². The van der Waals surface area contributed by atoms with E-state index in [-0.39, 0.29) is 28.7 Å². The topological polar surface area (TPSA) is 141 Å². The maximum atomic E-state index is 12.8. The number of aliphatic hydroxyl groups excluding tert-OH is 3. The number of phenolic OH excluding ortho intramolecular Hbond substituents is 1. The second-order valence-corrected chi connectivity index (χ2v) is 6.84. The van der Waals surface area contributed by atoms with Crippen molar-refractivity contribution < 1.29 is 34.7 Å². The monoisotopic (exact) mass is 410 g/mol. The zero-order valence-corrected chi connectivity index (χ0v) is 15.8. The Morgan fingerprint density at radius 1 is 1.32 bits per heavy atom. The fraction of sp³-hybridized carbons (Fsp3) is 0.444. The van der Waals surface area contributed by atoms with E-state index in [1.54, 1.807) is 19.1 Å². The van der Waals surface area contributed by atoms with Crippen LogP contribution in [0.25, 0.3) is 0 Å². The van der Waals surface area contributed by atoms with Crippen molar-refractivity contribution in [2.24, 2.45) is 0 Å². The molecule has 28 heavy (non-hydrogen) atoms. The van der Waals surface area contributed by atoms with Crippen LogP contribution in [0.4, 0.5) is 0 Å². The molecule has 0 spiro atoms. The molecule has 0 bridgehead atoms. The van der Waals surface area contributed by atoms with Gasteiger partial charge in [-0.25, -0.2) is 4.79 Å². The van der Waals surface area contributed by atoms with E-state index in [9.17, 15) is 25.2 Å². The zero-order valence-electron chi connectivity index (χ0n) is 15.0. The van der Waals surface area contributed by atoms with Crippen LogP contribution in [0.1, 0.15) is 18.5 Å². The molecule has 2 aliphatic heterocycles. The molecule has 2 heterocycles. The molecule has 152 valence electrons. The average molecular weight is 410 g/mol. The minimum atomic E-state index is -1.39. The van der Waals surface area contributed by atoms with E-state index < -0.39 is 43.0 Å². The second kappa shape index (κ2) is 8.41. The van der Waals surface area contributed by atoms with E-state index in [0.717, 1.165) is 0 Å². The largest absolute Gasteiger partial charge is 0.508 e. The molecular formula is C18H22N2O7S. The first-order valence-corrected chi connectivity index (χ1v) is 9.18. The Kier molecular flexibility index (Phi) is 6.16. The van der Waals surface area contributed by atoms with Crippen LogP contribution in [0.3, 0.4) is 0 Å². The molecule has 6 N–H and O–H groups in total. The Hall–Kier alpha value is -2.24. The Balaban J connectivity index is 2.11. The van der Waals surface area contributed by atoms with Crippen molar-refractivity contribution in [2.45, 2.75) is 37.4 Å². The van der Waals surface area contributed by atoms with Crippen LogP contribution < -0.4 is 10.6 Å². The van der Waals surface area contributed by atoms with Gasteiger partial charge < -0.3 is 40.5 Å². The van der Waals surface area contributed by atoms with Crippen molar-refractivity contribution in [1.82, 2.24) is 10.6 Å². The Labute approximate surface area is 166 Å². The lowest BCUT2D eigenvalue weighted by molar-refractivity contribution is -0.139. The van der Waals surface area contributed by atoms with Crippen LogP contribution in [-0.2, 0) is 14.3 Å². The van der Waals surface area contributed by atoms with Crippen molar-refractivity contribution in [2.75, 3.05) is 13.2 Å². The third-order valence-electron chi connectivity index (χ3n) is 4.63. The molecule has 0 unspecified atom stereocenters. The summed E-state index contributed by atoms with van der Waals surface area (Å²) in [6.45, 7) is 1.26. The highest BCUT2D eigenvalue weighted by Gasteiger charge is 2.47. The summed E-state index contributed by atoms with van der Waals surface area (Å²) in [5, 5.41) is 45.6. The van der Waals surface area contributed by atoms with Crippen molar-refractivity contribution in [3.63, 3.8) is 0 Å². The van der Waals surface area contributed by atoms with Gasteiger partial charge in [-0.15, -0.1) is 0 Å². The highest BCUT2D eigenvalue weighted by molar-refractivity contribution is 7.80. The lowest BCUT2D eigenvalue weighted by Crippen LogP contribution is -2.50. The first-order chi connectivity index (χ1) is 13.4.